The van der Waals surface area contributed by atoms with Gasteiger partial charge in [0.05, 0.1) is 6.04 Å². The van der Waals surface area contributed by atoms with Gasteiger partial charge in [0, 0.05) is 32.9 Å². The van der Waals surface area contributed by atoms with E-state index in [-0.39, 0.29) is 0 Å². The molecule has 29 heavy (non-hydrogen) atoms. The molecule has 2 heterocycles. The fraction of sp³-hybridized carbons (Fsp3) is 0.478. The maximum absolute atomic E-state index is 4.40. The number of aromatic nitrogens is 1. The van der Waals surface area contributed by atoms with E-state index in [9.17, 15) is 0 Å². The molecule has 0 radical (unpaired) electrons. The van der Waals surface area contributed by atoms with Gasteiger partial charge in [-0.05, 0) is 56.5 Å². The molecule has 1 atom stereocenters. The summed E-state index contributed by atoms with van der Waals surface area (Å²) in [6, 6.07) is 17.1. The van der Waals surface area contributed by atoms with Crippen LogP contribution in [0.1, 0.15) is 37.3 Å². The second kappa shape index (κ2) is 12.1. The van der Waals surface area contributed by atoms with Crippen molar-refractivity contribution >= 4 is 11.8 Å². The molecule has 3 N–H and O–H groups in total. The lowest BCUT2D eigenvalue weighted by Crippen LogP contribution is -2.43. The third-order valence-electron chi connectivity index (χ3n) is 5.32. The number of unbranched alkanes of at least 4 members (excludes halogenated alkanes) is 1. The Bertz CT molecular complexity index is 713. The molecular weight excluding hydrogens is 360 g/mol. The van der Waals surface area contributed by atoms with Gasteiger partial charge < -0.3 is 16.0 Å². The molecule has 0 aliphatic carbocycles. The summed E-state index contributed by atoms with van der Waals surface area (Å²) < 4.78 is 0. The van der Waals surface area contributed by atoms with Crippen LogP contribution in [0.3, 0.4) is 0 Å². The Morgan fingerprint density at radius 2 is 1.76 bits per heavy atom. The van der Waals surface area contributed by atoms with Gasteiger partial charge in [-0.25, -0.2) is 4.98 Å². The number of nitrogens with one attached hydrogen (secondary N) is 3. The number of nitrogens with zero attached hydrogens (tertiary/aromatic N) is 3. The van der Waals surface area contributed by atoms with E-state index >= 15 is 0 Å². The maximum Gasteiger partial charge on any atom is 0.191 e. The molecule has 1 aliphatic heterocycles. The van der Waals surface area contributed by atoms with Crippen molar-refractivity contribution in [3.8, 4) is 0 Å². The van der Waals surface area contributed by atoms with E-state index in [1.165, 1.54) is 31.5 Å². The molecule has 1 aromatic carbocycles. The summed E-state index contributed by atoms with van der Waals surface area (Å²) in [4.78, 5) is 11.3. The third-order valence-corrected chi connectivity index (χ3v) is 5.32. The number of hydrogen-bond donors (Lipinski definition) is 3. The van der Waals surface area contributed by atoms with E-state index in [4.69, 9.17) is 0 Å². The highest BCUT2D eigenvalue weighted by Crippen LogP contribution is 2.24. The zero-order chi connectivity index (χ0) is 20.2. The highest BCUT2D eigenvalue weighted by atomic mass is 15.2. The van der Waals surface area contributed by atoms with Crippen LogP contribution in [0.15, 0.2) is 59.7 Å². The Balaban J connectivity index is 1.38. The first-order valence-corrected chi connectivity index (χ1v) is 10.8. The largest absolute Gasteiger partial charge is 0.370 e. The SMILES string of the molecule is CN=C(NCCCCNc1ccccn1)NCC(c1ccccc1)N1CCCC1. The summed E-state index contributed by atoms with van der Waals surface area (Å²) in [6.45, 7) is 5.05. The molecule has 156 valence electrons. The number of aliphatic imine (C=N–C) groups is 1. The topological polar surface area (TPSA) is 64.6 Å². The van der Waals surface area contributed by atoms with Crippen LogP contribution in [-0.2, 0) is 0 Å². The molecule has 0 bridgehead atoms. The highest BCUT2D eigenvalue weighted by Gasteiger charge is 2.23. The monoisotopic (exact) mass is 394 g/mol. The second-order valence-corrected chi connectivity index (χ2v) is 7.40. The van der Waals surface area contributed by atoms with E-state index in [0.29, 0.717) is 6.04 Å². The Morgan fingerprint density at radius 1 is 1.00 bits per heavy atom. The van der Waals surface area contributed by atoms with Crippen LogP contribution in [0, 0.1) is 0 Å². The van der Waals surface area contributed by atoms with Gasteiger partial charge in [0.1, 0.15) is 5.82 Å². The lowest BCUT2D eigenvalue weighted by molar-refractivity contribution is 0.245. The van der Waals surface area contributed by atoms with Crippen LogP contribution in [0.2, 0.25) is 0 Å². The Morgan fingerprint density at radius 3 is 2.48 bits per heavy atom. The zero-order valence-corrected chi connectivity index (χ0v) is 17.5. The zero-order valence-electron chi connectivity index (χ0n) is 17.5. The molecule has 6 heteroatoms. The molecule has 1 aromatic heterocycles. The lowest BCUT2D eigenvalue weighted by atomic mass is 10.1. The van der Waals surface area contributed by atoms with Gasteiger partial charge in [0.2, 0.25) is 0 Å². The van der Waals surface area contributed by atoms with Crippen molar-refractivity contribution in [2.45, 2.75) is 31.7 Å². The van der Waals surface area contributed by atoms with Crippen molar-refractivity contribution < 1.29 is 0 Å². The number of anilines is 1. The molecule has 3 rings (SSSR count). The van der Waals surface area contributed by atoms with Gasteiger partial charge in [-0.2, -0.15) is 0 Å². The Kier molecular flexibility index (Phi) is 8.79. The van der Waals surface area contributed by atoms with Crippen LogP contribution in [0.4, 0.5) is 5.82 Å². The number of likely N-dealkylation sites (tertiary alicyclic amines) is 1. The van der Waals surface area contributed by atoms with Crippen molar-refractivity contribution in [1.82, 2.24) is 20.5 Å². The van der Waals surface area contributed by atoms with E-state index in [1.807, 2.05) is 31.4 Å². The fourth-order valence-electron chi connectivity index (χ4n) is 3.74. The van der Waals surface area contributed by atoms with Gasteiger partial charge in [0.15, 0.2) is 5.96 Å². The summed E-state index contributed by atoms with van der Waals surface area (Å²) in [7, 11) is 1.84. The fourth-order valence-corrected chi connectivity index (χ4v) is 3.74. The van der Waals surface area contributed by atoms with Crippen molar-refractivity contribution in [3.63, 3.8) is 0 Å². The van der Waals surface area contributed by atoms with Crippen LogP contribution in [-0.4, -0.2) is 55.6 Å². The normalized spacial score (nSPS) is 15.8. The third kappa shape index (κ3) is 7.06. The van der Waals surface area contributed by atoms with Crippen LogP contribution in [0.5, 0.6) is 0 Å². The van der Waals surface area contributed by atoms with Crippen LogP contribution < -0.4 is 16.0 Å². The molecular formula is C23H34N6. The molecule has 6 nitrogen and oxygen atoms in total. The molecule has 0 spiro atoms. The van der Waals surface area contributed by atoms with Crippen molar-refractivity contribution in [1.29, 1.82) is 0 Å². The summed E-state index contributed by atoms with van der Waals surface area (Å²) in [5.41, 5.74) is 1.37. The van der Waals surface area contributed by atoms with Gasteiger partial charge in [-0.15, -0.1) is 0 Å². The van der Waals surface area contributed by atoms with Gasteiger partial charge in [-0.3, -0.25) is 9.89 Å². The predicted octanol–water partition coefficient (Wildman–Crippen LogP) is 3.28. The van der Waals surface area contributed by atoms with Gasteiger partial charge in [0.25, 0.3) is 0 Å². The van der Waals surface area contributed by atoms with Crippen molar-refractivity contribution in [2.24, 2.45) is 4.99 Å². The second-order valence-electron chi connectivity index (χ2n) is 7.40. The smallest absolute Gasteiger partial charge is 0.191 e. The first-order chi connectivity index (χ1) is 14.4. The minimum atomic E-state index is 0.389. The first-order valence-electron chi connectivity index (χ1n) is 10.8. The summed E-state index contributed by atoms with van der Waals surface area (Å²) >= 11 is 0. The number of hydrogen-bond acceptors (Lipinski definition) is 4. The van der Waals surface area contributed by atoms with Crippen molar-refractivity contribution in [2.75, 3.05) is 45.1 Å². The van der Waals surface area contributed by atoms with E-state index in [1.54, 1.807) is 0 Å². The van der Waals surface area contributed by atoms with Crippen LogP contribution in [0.25, 0.3) is 0 Å². The first kappa shape index (κ1) is 21.1. The molecule has 1 aliphatic rings. The summed E-state index contributed by atoms with van der Waals surface area (Å²) in [6.07, 6.45) is 6.56. The Hall–Kier alpha value is -2.60. The molecule has 1 fully saturated rings. The van der Waals surface area contributed by atoms with Gasteiger partial charge in [-0.1, -0.05) is 36.4 Å². The standard InChI is InChI=1S/C23H34N6/c1-24-23(27-16-8-7-15-26-22-13-5-6-14-25-22)28-19-21(29-17-9-10-18-29)20-11-3-2-4-12-20/h2-6,11-14,21H,7-10,15-19H2,1H3,(H,25,26)(H2,24,27,28). The lowest BCUT2D eigenvalue weighted by Gasteiger charge is -2.29. The quantitative estimate of drug-likeness (QED) is 0.328. The van der Waals surface area contributed by atoms with E-state index in [0.717, 1.165) is 44.3 Å². The van der Waals surface area contributed by atoms with E-state index < -0.39 is 0 Å². The number of benzene rings is 1. The predicted molar refractivity (Wildman–Crippen MR) is 121 cm³/mol. The highest BCUT2D eigenvalue weighted by molar-refractivity contribution is 5.79. The summed E-state index contributed by atoms with van der Waals surface area (Å²) in [5, 5.41) is 10.3. The number of pyridine rings is 1. The Labute approximate surface area is 174 Å². The van der Waals surface area contributed by atoms with Crippen molar-refractivity contribution in [3.05, 3.63) is 60.3 Å². The molecule has 1 saturated heterocycles. The molecule has 2 aromatic rings. The minimum absolute atomic E-state index is 0.389. The minimum Gasteiger partial charge on any atom is -0.370 e. The van der Waals surface area contributed by atoms with Gasteiger partial charge >= 0.3 is 0 Å². The summed E-state index contributed by atoms with van der Waals surface area (Å²) in [5.74, 6) is 1.81. The maximum atomic E-state index is 4.40. The average Bonchev–Trinajstić information content (AvgIpc) is 3.31. The van der Waals surface area contributed by atoms with E-state index in [2.05, 4.69) is 61.2 Å². The average molecular weight is 395 g/mol. The van der Waals surface area contributed by atoms with Crippen LogP contribution >= 0.6 is 0 Å². The molecule has 0 saturated carbocycles. The number of guanidine groups is 1. The molecule has 0 amide bonds. The number of rotatable bonds is 10. The molecule has 1 unspecified atom stereocenters.